The maximum atomic E-state index is 6.51. The van der Waals surface area contributed by atoms with Crippen molar-refractivity contribution in [3.8, 4) is 11.5 Å². The zero-order valence-electron chi connectivity index (χ0n) is 13.4. The largest absolute Gasteiger partial charge is 0.497 e. The van der Waals surface area contributed by atoms with Gasteiger partial charge < -0.3 is 14.8 Å². The Balaban J connectivity index is 1.94. The molecular formula is C18H27NO2. The fraction of sp³-hybridized carbons (Fsp3) is 0.667. The molecule has 0 amide bonds. The molecule has 1 heterocycles. The van der Waals surface area contributed by atoms with E-state index < -0.39 is 0 Å². The van der Waals surface area contributed by atoms with E-state index in [1.54, 1.807) is 7.11 Å². The van der Waals surface area contributed by atoms with E-state index in [0.29, 0.717) is 12.0 Å². The fourth-order valence-corrected chi connectivity index (χ4v) is 3.91. The molecule has 1 spiro atoms. The molecular weight excluding hydrogens is 262 g/mol. The summed E-state index contributed by atoms with van der Waals surface area (Å²) in [6.45, 7) is 5.61. The van der Waals surface area contributed by atoms with Gasteiger partial charge in [-0.2, -0.15) is 0 Å². The molecule has 2 aliphatic rings. The lowest BCUT2D eigenvalue weighted by atomic mass is 9.81. The van der Waals surface area contributed by atoms with Gasteiger partial charge in [0.2, 0.25) is 0 Å². The van der Waals surface area contributed by atoms with Crippen LogP contribution in [0.4, 0.5) is 0 Å². The van der Waals surface area contributed by atoms with Gasteiger partial charge in [0.05, 0.1) is 7.11 Å². The molecule has 1 aliphatic carbocycles. The molecule has 116 valence electrons. The molecule has 21 heavy (non-hydrogen) atoms. The molecule has 1 aromatic carbocycles. The predicted molar refractivity (Wildman–Crippen MR) is 85.0 cm³/mol. The van der Waals surface area contributed by atoms with Gasteiger partial charge in [0, 0.05) is 18.0 Å². The molecule has 0 bridgehead atoms. The summed E-state index contributed by atoms with van der Waals surface area (Å²) >= 11 is 0. The Hall–Kier alpha value is -1.22. The molecule has 1 saturated carbocycles. The van der Waals surface area contributed by atoms with Crippen LogP contribution in [-0.4, -0.2) is 19.3 Å². The standard InChI is InChI=1S/C18H27NO2/c1-4-10-19-16-12-18(9-5-6-13(18)2)21-17-8-7-14(20-3)11-15(16)17/h7-8,11,13,16,19H,4-6,9-10,12H2,1-3H3. The fourth-order valence-electron chi connectivity index (χ4n) is 3.91. The molecule has 0 radical (unpaired) electrons. The van der Waals surface area contributed by atoms with E-state index in [9.17, 15) is 0 Å². The van der Waals surface area contributed by atoms with Crippen LogP contribution in [0.25, 0.3) is 0 Å². The van der Waals surface area contributed by atoms with Crippen LogP contribution in [0.3, 0.4) is 0 Å². The van der Waals surface area contributed by atoms with E-state index >= 15 is 0 Å². The first-order valence-electron chi connectivity index (χ1n) is 8.29. The first-order valence-corrected chi connectivity index (χ1v) is 8.29. The minimum Gasteiger partial charge on any atom is -0.497 e. The molecule has 3 rings (SSSR count). The van der Waals surface area contributed by atoms with Gasteiger partial charge in [-0.15, -0.1) is 0 Å². The van der Waals surface area contributed by atoms with E-state index in [1.807, 2.05) is 6.07 Å². The maximum Gasteiger partial charge on any atom is 0.125 e. The number of rotatable bonds is 4. The van der Waals surface area contributed by atoms with E-state index in [4.69, 9.17) is 9.47 Å². The number of methoxy groups -OCH3 is 1. The summed E-state index contributed by atoms with van der Waals surface area (Å²) in [6, 6.07) is 6.61. The number of ether oxygens (including phenoxy) is 2. The van der Waals surface area contributed by atoms with Crippen molar-refractivity contribution >= 4 is 0 Å². The zero-order chi connectivity index (χ0) is 14.9. The Labute approximate surface area is 128 Å². The number of nitrogens with one attached hydrogen (secondary N) is 1. The molecule has 3 unspecified atom stereocenters. The van der Waals surface area contributed by atoms with Crippen LogP contribution < -0.4 is 14.8 Å². The molecule has 1 aliphatic heterocycles. The monoisotopic (exact) mass is 289 g/mol. The van der Waals surface area contributed by atoms with Crippen molar-refractivity contribution in [2.24, 2.45) is 5.92 Å². The number of fused-ring (bicyclic) bond motifs is 1. The predicted octanol–water partition coefficient (Wildman–Crippen LogP) is 4.08. The number of benzene rings is 1. The van der Waals surface area contributed by atoms with Crippen LogP contribution in [0.1, 0.15) is 57.6 Å². The Morgan fingerprint density at radius 3 is 2.95 bits per heavy atom. The molecule has 3 heteroatoms. The van der Waals surface area contributed by atoms with Crippen molar-refractivity contribution < 1.29 is 9.47 Å². The van der Waals surface area contributed by atoms with Crippen molar-refractivity contribution in [2.45, 2.75) is 57.6 Å². The van der Waals surface area contributed by atoms with E-state index in [2.05, 4.69) is 31.3 Å². The summed E-state index contributed by atoms with van der Waals surface area (Å²) in [7, 11) is 1.72. The van der Waals surface area contributed by atoms with E-state index in [1.165, 1.54) is 24.8 Å². The van der Waals surface area contributed by atoms with Crippen LogP contribution in [0.15, 0.2) is 18.2 Å². The third kappa shape index (κ3) is 2.64. The van der Waals surface area contributed by atoms with Gasteiger partial charge >= 0.3 is 0 Å². The van der Waals surface area contributed by atoms with E-state index in [0.717, 1.165) is 30.9 Å². The quantitative estimate of drug-likeness (QED) is 0.906. The molecule has 1 N–H and O–H groups in total. The average molecular weight is 289 g/mol. The summed E-state index contributed by atoms with van der Waals surface area (Å²) in [6.07, 6.45) is 5.98. The lowest BCUT2D eigenvalue weighted by Crippen LogP contribution is -2.46. The normalized spacial score (nSPS) is 31.0. The molecule has 1 fully saturated rings. The van der Waals surface area contributed by atoms with Gasteiger partial charge in [-0.25, -0.2) is 0 Å². The average Bonchev–Trinajstić information content (AvgIpc) is 2.84. The van der Waals surface area contributed by atoms with Gasteiger partial charge in [-0.3, -0.25) is 0 Å². The number of hydrogen-bond acceptors (Lipinski definition) is 3. The SMILES string of the molecule is CCCNC1CC2(CCCC2C)Oc2ccc(OC)cc21. The number of hydrogen-bond donors (Lipinski definition) is 1. The first kappa shape index (κ1) is 14.7. The lowest BCUT2D eigenvalue weighted by molar-refractivity contribution is 0.00175. The summed E-state index contributed by atoms with van der Waals surface area (Å²) < 4.78 is 11.9. The highest BCUT2D eigenvalue weighted by Crippen LogP contribution is 2.50. The van der Waals surface area contributed by atoms with Crippen molar-refractivity contribution in [1.82, 2.24) is 5.32 Å². The highest BCUT2D eigenvalue weighted by Gasteiger charge is 2.47. The van der Waals surface area contributed by atoms with Gasteiger partial charge in [-0.05, 0) is 56.3 Å². The van der Waals surface area contributed by atoms with Crippen LogP contribution in [0, 0.1) is 5.92 Å². The summed E-state index contributed by atoms with van der Waals surface area (Å²) in [5.41, 5.74) is 1.29. The van der Waals surface area contributed by atoms with Crippen molar-refractivity contribution in [3.05, 3.63) is 23.8 Å². The summed E-state index contributed by atoms with van der Waals surface area (Å²) in [5.74, 6) is 2.60. The van der Waals surface area contributed by atoms with Crippen LogP contribution >= 0.6 is 0 Å². The smallest absolute Gasteiger partial charge is 0.125 e. The minimum absolute atomic E-state index is 0.0347. The first-order chi connectivity index (χ1) is 10.2. The van der Waals surface area contributed by atoms with Crippen LogP contribution in [-0.2, 0) is 0 Å². The van der Waals surface area contributed by atoms with Crippen molar-refractivity contribution in [2.75, 3.05) is 13.7 Å². The minimum atomic E-state index is 0.0347. The Morgan fingerprint density at radius 2 is 2.29 bits per heavy atom. The topological polar surface area (TPSA) is 30.5 Å². The second-order valence-corrected chi connectivity index (χ2v) is 6.57. The summed E-state index contributed by atoms with van der Waals surface area (Å²) in [4.78, 5) is 0. The van der Waals surface area contributed by atoms with Crippen LogP contribution in [0.2, 0.25) is 0 Å². The Kier molecular flexibility index (Phi) is 4.12. The van der Waals surface area contributed by atoms with Gasteiger partial charge in [0.1, 0.15) is 17.1 Å². The molecule has 1 aromatic rings. The van der Waals surface area contributed by atoms with Crippen LogP contribution in [0.5, 0.6) is 11.5 Å². The Bertz CT molecular complexity index is 502. The molecule has 0 aromatic heterocycles. The van der Waals surface area contributed by atoms with Gasteiger partial charge in [0.25, 0.3) is 0 Å². The molecule has 3 nitrogen and oxygen atoms in total. The van der Waals surface area contributed by atoms with Crippen molar-refractivity contribution in [1.29, 1.82) is 0 Å². The third-order valence-corrected chi connectivity index (χ3v) is 5.23. The molecule has 3 atom stereocenters. The maximum absolute atomic E-state index is 6.51. The Morgan fingerprint density at radius 1 is 1.43 bits per heavy atom. The highest BCUT2D eigenvalue weighted by molar-refractivity contribution is 5.44. The summed E-state index contributed by atoms with van der Waals surface area (Å²) in [5, 5.41) is 3.71. The van der Waals surface area contributed by atoms with Gasteiger partial charge in [-0.1, -0.05) is 13.8 Å². The molecule has 0 saturated heterocycles. The zero-order valence-corrected chi connectivity index (χ0v) is 13.4. The third-order valence-electron chi connectivity index (χ3n) is 5.23. The van der Waals surface area contributed by atoms with Crippen molar-refractivity contribution in [3.63, 3.8) is 0 Å². The lowest BCUT2D eigenvalue weighted by Gasteiger charge is -2.43. The van der Waals surface area contributed by atoms with E-state index in [-0.39, 0.29) is 5.60 Å². The second kappa shape index (κ2) is 5.88. The van der Waals surface area contributed by atoms with Gasteiger partial charge in [0.15, 0.2) is 0 Å². The second-order valence-electron chi connectivity index (χ2n) is 6.57. The highest BCUT2D eigenvalue weighted by atomic mass is 16.5.